The van der Waals surface area contributed by atoms with Crippen LogP contribution in [0.25, 0.3) is 0 Å². The smallest absolute Gasteiger partial charge is 0.335 e. The molecule has 0 bridgehead atoms. The summed E-state index contributed by atoms with van der Waals surface area (Å²) in [5.41, 5.74) is 4.13. The summed E-state index contributed by atoms with van der Waals surface area (Å²) >= 11 is 0. The standard InChI is InChI=1S/C35H28N2O4/c38-33(28-14-4-1-5-15-28)36(31-18-6-2-7-19-31)24-26-12-10-16-29(22-26)34(39)37(32-20-8-3-9-21-32)25-27-13-11-17-30(23-27)35(40)41/h1-23H,24-25H2,(H,40,41). The molecule has 0 atom stereocenters. The van der Waals surface area contributed by atoms with Crippen LogP contribution in [0.15, 0.2) is 140 Å². The Hall–Kier alpha value is -5.49. The van der Waals surface area contributed by atoms with Gasteiger partial charge in [-0.2, -0.15) is 0 Å². The van der Waals surface area contributed by atoms with E-state index in [1.165, 1.54) is 6.07 Å². The number of aromatic carboxylic acids is 1. The van der Waals surface area contributed by atoms with Crippen molar-refractivity contribution in [3.63, 3.8) is 0 Å². The number of carbonyl (C=O) groups excluding carboxylic acids is 2. The second-order valence-corrected chi connectivity index (χ2v) is 9.53. The summed E-state index contributed by atoms with van der Waals surface area (Å²) in [5, 5.41) is 9.44. The lowest BCUT2D eigenvalue weighted by atomic mass is 10.1. The molecule has 0 fully saturated rings. The zero-order valence-corrected chi connectivity index (χ0v) is 22.3. The molecule has 5 rings (SSSR count). The maximum Gasteiger partial charge on any atom is 0.335 e. The molecule has 0 unspecified atom stereocenters. The molecule has 2 amide bonds. The van der Waals surface area contributed by atoms with E-state index in [0.717, 1.165) is 11.3 Å². The predicted molar refractivity (Wildman–Crippen MR) is 160 cm³/mol. The van der Waals surface area contributed by atoms with Gasteiger partial charge in [-0.05, 0) is 71.8 Å². The van der Waals surface area contributed by atoms with Gasteiger partial charge in [0.25, 0.3) is 11.8 Å². The fraction of sp³-hybridized carbons (Fsp3) is 0.0571. The lowest BCUT2D eigenvalue weighted by molar-refractivity contribution is 0.0696. The summed E-state index contributed by atoms with van der Waals surface area (Å²) in [6, 6.07) is 41.7. The van der Waals surface area contributed by atoms with Crippen LogP contribution in [-0.4, -0.2) is 22.9 Å². The molecular weight excluding hydrogens is 512 g/mol. The second-order valence-electron chi connectivity index (χ2n) is 9.53. The Morgan fingerprint density at radius 3 is 1.34 bits per heavy atom. The monoisotopic (exact) mass is 540 g/mol. The number of carboxylic acid groups (broad SMARTS) is 1. The third-order valence-corrected chi connectivity index (χ3v) is 6.68. The third-order valence-electron chi connectivity index (χ3n) is 6.68. The van der Waals surface area contributed by atoms with Crippen LogP contribution in [0.3, 0.4) is 0 Å². The Balaban J connectivity index is 1.46. The van der Waals surface area contributed by atoms with Crippen molar-refractivity contribution < 1.29 is 19.5 Å². The Morgan fingerprint density at radius 2 is 0.854 bits per heavy atom. The summed E-state index contributed by atoms with van der Waals surface area (Å²) in [5.74, 6) is -1.40. The van der Waals surface area contributed by atoms with Crippen molar-refractivity contribution in [3.05, 3.63) is 167 Å². The number of anilines is 2. The van der Waals surface area contributed by atoms with Gasteiger partial charge in [0, 0.05) is 22.5 Å². The van der Waals surface area contributed by atoms with Gasteiger partial charge in [-0.1, -0.05) is 78.9 Å². The molecule has 0 aliphatic rings. The van der Waals surface area contributed by atoms with Crippen molar-refractivity contribution >= 4 is 29.2 Å². The number of carbonyl (C=O) groups is 3. The van der Waals surface area contributed by atoms with E-state index in [-0.39, 0.29) is 30.5 Å². The van der Waals surface area contributed by atoms with Gasteiger partial charge in [-0.15, -0.1) is 0 Å². The molecule has 0 saturated carbocycles. The quantitative estimate of drug-likeness (QED) is 0.217. The van der Waals surface area contributed by atoms with Gasteiger partial charge < -0.3 is 14.9 Å². The van der Waals surface area contributed by atoms with Gasteiger partial charge in [0.15, 0.2) is 0 Å². The number of benzene rings is 5. The number of hydrogen-bond donors (Lipinski definition) is 1. The first kappa shape index (κ1) is 27.1. The summed E-state index contributed by atoms with van der Waals surface area (Å²) in [4.78, 5) is 42.4. The second kappa shape index (κ2) is 12.6. The Labute approximate surface area is 238 Å². The van der Waals surface area contributed by atoms with Crippen LogP contribution in [0.2, 0.25) is 0 Å². The van der Waals surface area contributed by atoms with E-state index in [1.54, 1.807) is 52.3 Å². The Morgan fingerprint density at radius 1 is 0.463 bits per heavy atom. The molecule has 1 N–H and O–H groups in total. The van der Waals surface area contributed by atoms with Gasteiger partial charge in [0.2, 0.25) is 0 Å². The first-order chi connectivity index (χ1) is 20.0. The van der Waals surface area contributed by atoms with Crippen molar-refractivity contribution in [2.45, 2.75) is 13.1 Å². The van der Waals surface area contributed by atoms with Crippen LogP contribution in [0.1, 0.15) is 42.2 Å². The van der Waals surface area contributed by atoms with E-state index in [4.69, 9.17) is 0 Å². The highest BCUT2D eigenvalue weighted by atomic mass is 16.4. The van der Waals surface area contributed by atoms with E-state index in [2.05, 4.69) is 0 Å². The molecule has 0 saturated heterocycles. The van der Waals surface area contributed by atoms with Gasteiger partial charge in [0.05, 0.1) is 18.7 Å². The molecule has 0 aliphatic heterocycles. The molecular formula is C35H28N2O4. The number of hydrogen-bond acceptors (Lipinski definition) is 3. The predicted octanol–water partition coefficient (Wildman–Crippen LogP) is 7.08. The minimum atomic E-state index is -1.02. The molecule has 5 aromatic carbocycles. The molecule has 0 heterocycles. The molecule has 0 radical (unpaired) electrons. The number of carboxylic acids is 1. The fourth-order valence-corrected chi connectivity index (χ4v) is 4.64. The van der Waals surface area contributed by atoms with Crippen molar-refractivity contribution in [2.75, 3.05) is 9.80 Å². The number of rotatable bonds is 9. The number of para-hydroxylation sites is 2. The van der Waals surface area contributed by atoms with E-state index in [1.807, 2.05) is 91.0 Å². The van der Waals surface area contributed by atoms with Gasteiger partial charge in [0.1, 0.15) is 0 Å². The maximum atomic E-state index is 14.0. The van der Waals surface area contributed by atoms with Crippen LogP contribution in [0, 0.1) is 0 Å². The first-order valence-corrected chi connectivity index (χ1v) is 13.2. The molecule has 5 aromatic rings. The van der Waals surface area contributed by atoms with Gasteiger partial charge in [-0.25, -0.2) is 4.79 Å². The summed E-state index contributed by atoms with van der Waals surface area (Å²) in [7, 11) is 0. The van der Waals surface area contributed by atoms with Crippen molar-refractivity contribution in [3.8, 4) is 0 Å². The van der Waals surface area contributed by atoms with E-state index in [0.29, 0.717) is 22.4 Å². The highest BCUT2D eigenvalue weighted by molar-refractivity contribution is 6.07. The molecule has 6 nitrogen and oxygen atoms in total. The lowest BCUT2D eigenvalue weighted by Gasteiger charge is -2.25. The largest absolute Gasteiger partial charge is 0.478 e. The minimum absolute atomic E-state index is 0.141. The van der Waals surface area contributed by atoms with Gasteiger partial charge >= 0.3 is 5.97 Å². The van der Waals surface area contributed by atoms with Crippen LogP contribution in [-0.2, 0) is 13.1 Å². The number of nitrogens with zero attached hydrogens (tertiary/aromatic N) is 2. The first-order valence-electron chi connectivity index (χ1n) is 13.2. The van der Waals surface area contributed by atoms with Crippen molar-refractivity contribution in [2.24, 2.45) is 0 Å². The van der Waals surface area contributed by atoms with Gasteiger partial charge in [-0.3, -0.25) is 9.59 Å². The zero-order valence-electron chi connectivity index (χ0n) is 22.3. The van der Waals surface area contributed by atoms with E-state index in [9.17, 15) is 19.5 Å². The SMILES string of the molecule is O=C(O)c1cccc(CN(C(=O)c2cccc(CN(C(=O)c3ccccc3)c3ccccc3)c2)c2ccccc2)c1. The fourth-order valence-electron chi connectivity index (χ4n) is 4.64. The normalized spacial score (nSPS) is 10.5. The number of amides is 2. The summed E-state index contributed by atoms with van der Waals surface area (Å²) in [6.07, 6.45) is 0. The lowest BCUT2D eigenvalue weighted by Crippen LogP contribution is -2.32. The topological polar surface area (TPSA) is 77.9 Å². The molecule has 6 heteroatoms. The minimum Gasteiger partial charge on any atom is -0.478 e. The molecule has 0 aromatic heterocycles. The van der Waals surface area contributed by atoms with E-state index < -0.39 is 5.97 Å². The van der Waals surface area contributed by atoms with Crippen LogP contribution >= 0.6 is 0 Å². The van der Waals surface area contributed by atoms with Crippen LogP contribution in [0.4, 0.5) is 11.4 Å². The highest BCUT2D eigenvalue weighted by Gasteiger charge is 2.21. The van der Waals surface area contributed by atoms with Crippen molar-refractivity contribution in [1.29, 1.82) is 0 Å². The van der Waals surface area contributed by atoms with Crippen LogP contribution < -0.4 is 9.80 Å². The third kappa shape index (κ3) is 6.57. The molecule has 0 aliphatic carbocycles. The molecule has 202 valence electrons. The Bertz CT molecular complexity index is 1650. The molecule has 41 heavy (non-hydrogen) atoms. The average Bonchev–Trinajstić information content (AvgIpc) is 3.03. The Kier molecular flexibility index (Phi) is 8.31. The highest BCUT2D eigenvalue weighted by Crippen LogP contribution is 2.24. The summed E-state index contributed by atoms with van der Waals surface area (Å²) < 4.78 is 0. The van der Waals surface area contributed by atoms with Crippen molar-refractivity contribution in [1.82, 2.24) is 0 Å². The van der Waals surface area contributed by atoms with Crippen LogP contribution in [0.5, 0.6) is 0 Å². The average molecular weight is 541 g/mol. The summed E-state index contributed by atoms with van der Waals surface area (Å²) in [6.45, 7) is 0.460. The van der Waals surface area contributed by atoms with E-state index >= 15 is 0 Å². The molecule has 0 spiro atoms. The zero-order chi connectivity index (χ0) is 28.6. The maximum absolute atomic E-state index is 14.0.